The van der Waals surface area contributed by atoms with Gasteiger partial charge in [-0.05, 0) is 43.6 Å². The number of nitrogens with zero attached hydrogens (tertiary/aromatic N) is 4. The Balaban J connectivity index is 1.69. The summed E-state index contributed by atoms with van der Waals surface area (Å²) in [4.78, 5) is 54.7. The lowest BCUT2D eigenvalue weighted by Gasteiger charge is -2.36. The molecule has 3 amide bonds. The van der Waals surface area contributed by atoms with Gasteiger partial charge in [-0.3, -0.25) is 9.59 Å². The van der Waals surface area contributed by atoms with E-state index in [1.807, 2.05) is 32.9 Å². The maximum absolute atomic E-state index is 14.3. The number of aromatic nitrogens is 3. The number of carboxylic acid groups (broad SMARTS) is 1. The summed E-state index contributed by atoms with van der Waals surface area (Å²) < 4.78 is 7.16. The van der Waals surface area contributed by atoms with Gasteiger partial charge in [0.15, 0.2) is 0 Å². The summed E-state index contributed by atoms with van der Waals surface area (Å²) in [5.41, 5.74) is -0.290. The Kier molecular flexibility index (Phi) is 9.18. The highest BCUT2D eigenvalue weighted by atomic mass is 16.6. The van der Waals surface area contributed by atoms with Crippen molar-refractivity contribution in [1.82, 2.24) is 30.5 Å². The SMILES string of the molecule is C=CC1CC1(NC(=O)C1CC(n2nncc2-c2ccc(C(C)(C)C)cc2)CN1C(=O)C(NC(=O)OC(C)(C)C)C(C)(C)C)C(=O)O. The number of carbonyl (C=O) groups excluding carboxylic acids is 3. The van der Waals surface area contributed by atoms with E-state index < -0.39 is 64.5 Å². The largest absolute Gasteiger partial charge is 0.479 e. The summed E-state index contributed by atoms with van der Waals surface area (Å²) in [5, 5.41) is 23.9. The van der Waals surface area contributed by atoms with Crippen LogP contribution in [0.25, 0.3) is 11.3 Å². The molecule has 5 atom stereocenters. The molecule has 1 aliphatic heterocycles. The smallest absolute Gasteiger partial charge is 0.408 e. The van der Waals surface area contributed by atoms with Gasteiger partial charge < -0.3 is 25.4 Å². The lowest BCUT2D eigenvalue weighted by atomic mass is 9.85. The number of amides is 3. The highest BCUT2D eigenvalue weighted by Crippen LogP contribution is 2.45. The van der Waals surface area contributed by atoms with E-state index in [2.05, 4.69) is 60.4 Å². The Hall–Kier alpha value is -4.22. The van der Waals surface area contributed by atoms with Crippen molar-refractivity contribution in [2.75, 3.05) is 6.54 Å². The average molecular weight is 637 g/mol. The van der Waals surface area contributed by atoms with Crippen LogP contribution < -0.4 is 10.6 Å². The normalized spacial score (nSPS) is 23.8. The van der Waals surface area contributed by atoms with Gasteiger partial charge in [-0.25, -0.2) is 14.3 Å². The zero-order chi connectivity index (χ0) is 34.4. The van der Waals surface area contributed by atoms with Crippen molar-refractivity contribution in [3.05, 3.63) is 48.7 Å². The maximum Gasteiger partial charge on any atom is 0.408 e. The molecule has 1 saturated carbocycles. The lowest BCUT2D eigenvalue weighted by Crippen LogP contribution is -2.59. The second-order valence-corrected chi connectivity index (χ2v) is 15.5. The number of rotatable bonds is 8. The Bertz CT molecular complexity index is 1500. The van der Waals surface area contributed by atoms with Crippen LogP contribution in [0, 0.1) is 11.3 Å². The molecule has 0 radical (unpaired) electrons. The van der Waals surface area contributed by atoms with E-state index in [9.17, 15) is 24.3 Å². The highest BCUT2D eigenvalue weighted by molar-refractivity contribution is 5.96. The molecule has 1 aromatic heterocycles. The summed E-state index contributed by atoms with van der Waals surface area (Å²) >= 11 is 0. The average Bonchev–Trinajstić information content (AvgIpc) is 3.24. The maximum atomic E-state index is 14.3. The van der Waals surface area contributed by atoms with Crippen LogP contribution in [0.3, 0.4) is 0 Å². The van der Waals surface area contributed by atoms with E-state index in [0.29, 0.717) is 5.69 Å². The Morgan fingerprint density at radius 1 is 1.07 bits per heavy atom. The Morgan fingerprint density at radius 2 is 1.70 bits per heavy atom. The molecular formula is C34H48N6O6. The quantitative estimate of drug-likeness (QED) is 0.359. The molecule has 2 fully saturated rings. The van der Waals surface area contributed by atoms with Crippen molar-refractivity contribution in [3.63, 3.8) is 0 Å². The highest BCUT2D eigenvalue weighted by Gasteiger charge is 2.61. The number of carbonyl (C=O) groups is 4. The van der Waals surface area contributed by atoms with Gasteiger partial charge in [0.1, 0.15) is 23.2 Å². The zero-order valence-corrected chi connectivity index (χ0v) is 28.4. The first kappa shape index (κ1) is 34.6. The molecule has 0 bridgehead atoms. The van der Waals surface area contributed by atoms with E-state index in [1.54, 1.807) is 31.6 Å². The van der Waals surface area contributed by atoms with Gasteiger partial charge in [0.2, 0.25) is 11.8 Å². The fourth-order valence-corrected chi connectivity index (χ4v) is 5.90. The van der Waals surface area contributed by atoms with Gasteiger partial charge in [0.05, 0.1) is 17.9 Å². The molecule has 12 nitrogen and oxygen atoms in total. The number of likely N-dealkylation sites (tertiary alicyclic amines) is 1. The number of carboxylic acids is 1. The number of nitrogens with one attached hydrogen (secondary N) is 2. The summed E-state index contributed by atoms with van der Waals surface area (Å²) in [6, 6.07) is 5.56. The number of benzene rings is 1. The second kappa shape index (κ2) is 12.2. The van der Waals surface area contributed by atoms with Crippen molar-refractivity contribution >= 4 is 23.9 Å². The van der Waals surface area contributed by atoms with E-state index >= 15 is 0 Å². The number of ether oxygens (including phenoxy) is 1. The molecule has 1 aliphatic carbocycles. The van der Waals surface area contributed by atoms with Gasteiger partial charge in [0, 0.05) is 24.4 Å². The summed E-state index contributed by atoms with van der Waals surface area (Å²) in [6.45, 7) is 20.8. The molecule has 12 heteroatoms. The predicted octanol–water partition coefficient (Wildman–Crippen LogP) is 4.47. The third kappa shape index (κ3) is 7.26. The van der Waals surface area contributed by atoms with Crippen LogP contribution in [-0.2, 0) is 24.5 Å². The number of alkyl carbamates (subject to hydrolysis) is 1. The number of aliphatic carboxylic acids is 1. The minimum Gasteiger partial charge on any atom is -0.479 e. The first-order chi connectivity index (χ1) is 21.2. The molecule has 2 aromatic rings. The summed E-state index contributed by atoms with van der Waals surface area (Å²) in [7, 11) is 0. The van der Waals surface area contributed by atoms with Crippen molar-refractivity contribution in [1.29, 1.82) is 0 Å². The van der Waals surface area contributed by atoms with Gasteiger partial charge in [-0.15, -0.1) is 11.7 Å². The van der Waals surface area contributed by atoms with Crippen molar-refractivity contribution in [3.8, 4) is 11.3 Å². The van der Waals surface area contributed by atoms with E-state index in [4.69, 9.17) is 4.74 Å². The van der Waals surface area contributed by atoms with Crippen LogP contribution in [0.15, 0.2) is 43.1 Å². The molecular weight excluding hydrogens is 588 g/mol. The minimum atomic E-state index is -1.48. The first-order valence-corrected chi connectivity index (χ1v) is 15.7. The monoisotopic (exact) mass is 636 g/mol. The molecule has 4 rings (SSSR count). The predicted molar refractivity (Wildman–Crippen MR) is 173 cm³/mol. The zero-order valence-electron chi connectivity index (χ0n) is 28.4. The van der Waals surface area contributed by atoms with Crippen molar-refractivity contribution in [2.24, 2.45) is 11.3 Å². The fraction of sp³-hybridized carbons (Fsp3) is 0.588. The topological polar surface area (TPSA) is 156 Å². The second-order valence-electron chi connectivity index (χ2n) is 15.5. The van der Waals surface area contributed by atoms with Crippen LogP contribution >= 0.6 is 0 Å². The van der Waals surface area contributed by atoms with Gasteiger partial charge in [0.25, 0.3) is 0 Å². The molecule has 0 spiro atoms. The molecule has 250 valence electrons. The Labute approximate surface area is 270 Å². The van der Waals surface area contributed by atoms with E-state index in [1.165, 1.54) is 16.5 Å². The van der Waals surface area contributed by atoms with Crippen LogP contribution in [0.1, 0.15) is 86.8 Å². The fourth-order valence-electron chi connectivity index (χ4n) is 5.90. The third-order valence-corrected chi connectivity index (χ3v) is 8.63. The summed E-state index contributed by atoms with van der Waals surface area (Å²) in [6.07, 6.45) is 2.77. The molecule has 2 heterocycles. The van der Waals surface area contributed by atoms with Gasteiger partial charge >= 0.3 is 12.1 Å². The van der Waals surface area contributed by atoms with Crippen LogP contribution in [0.5, 0.6) is 0 Å². The number of hydrogen-bond acceptors (Lipinski definition) is 7. The van der Waals surface area contributed by atoms with Gasteiger partial charge in [-0.2, -0.15) is 0 Å². The van der Waals surface area contributed by atoms with Crippen molar-refractivity contribution in [2.45, 2.75) is 110 Å². The van der Waals surface area contributed by atoms with Gasteiger partial charge in [-0.1, -0.05) is 77.1 Å². The number of hydrogen-bond donors (Lipinski definition) is 3. The van der Waals surface area contributed by atoms with Crippen LogP contribution in [-0.4, -0.2) is 78.6 Å². The summed E-state index contributed by atoms with van der Waals surface area (Å²) in [5.74, 6) is -2.67. The van der Waals surface area contributed by atoms with Crippen LogP contribution in [0.4, 0.5) is 4.79 Å². The standard InChI is InChI=1S/C34H48N6O6/c1-11-21-17-34(21,29(43)44)37-27(41)24-16-23(40-25(18-35-38-40)20-12-14-22(15-13-20)31(2,3)4)19-39(24)28(42)26(32(5,6)7)36-30(45)46-33(8,9)10/h11-15,18,21,23-24,26H,1,16-17,19H2,2-10H3,(H,36,45)(H,37,41)(H,43,44). The minimum absolute atomic E-state index is 0.0274. The molecule has 2 aliphatic rings. The van der Waals surface area contributed by atoms with Crippen molar-refractivity contribution < 1.29 is 29.0 Å². The molecule has 1 saturated heterocycles. The molecule has 1 aromatic carbocycles. The van der Waals surface area contributed by atoms with E-state index in [0.717, 1.165) is 5.56 Å². The molecule has 46 heavy (non-hydrogen) atoms. The lowest BCUT2D eigenvalue weighted by molar-refractivity contribution is -0.146. The Morgan fingerprint density at radius 3 is 2.20 bits per heavy atom. The van der Waals surface area contributed by atoms with Crippen LogP contribution in [0.2, 0.25) is 0 Å². The first-order valence-electron chi connectivity index (χ1n) is 15.7. The van der Waals surface area contributed by atoms with E-state index in [-0.39, 0.29) is 24.8 Å². The molecule has 3 N–H and O–H groups in total. The molecule has 5 unspecified atom stereocenters. The third-order valence-electron chi connectivity index (χ3n) is 8.63.